The zero-order chi connectivity index (χ0) is 12.1. The maximum atomic E-state index is 6.06. The predicted molar refractivity (Wildman–Crippen MR) is 74.3 cm³/mol. The van der Waals surface area contributed by atoms with Gasteiger partial charge in [-0.2, -0.15) is 0 Å². The normalized spacial score (nSPS) is 19.9. The predicted octanol–water partition coefficient (Wildman–Crippen LogP) is 4.18. The van der Waals surface area contributed by atoms with Gasteiger partial charge in [-0.15, -0.1) is 0 Å². The average molecular weight is 252 g/mol. The van der Waals surface area contributed by atoms with Crippen LogP contribution in [0.15, 0.2) is 24.3 Å². The van der Waals surface area contributed by atoms with Gasteiger partial charge in [-0.3, -0.25) is 0 Å². The quantitative estimate of drug-likeness (QED) is 0.802. The molecule has 2 heteroatoms. The van der Waals surface area contributed by atoms with Gasteiger partial charge in [0.2, 0.25) is 0 Å². The van der Waals surface area contributed by atoms with Crippen LogP contribution in [0.1, 0.15) is 44.1 Å². The Morgan fingerprint density at radius 2 is 1.59 bits per heavy atom. The Morgan fingerprint density at radius 3 is 2.12 bits per heavy atom. The SMILES string of the molecule is NCC1(Cc2ccc(Cl)cc2)CCCCCC1. The minimum absolute atomic E-state index is 0.338. The van der Waals surface area contributed by atoms with Gasteiger partial charge in [0.05, 0.1) is 0 Å². The van der Waals surface area contributed by atoms with E-state index in [1.54, 1.807) is 0 Å². The molecule has 1 aromatic rings. The topological polar surface area (TPSA) is 26.0 Å². The van der Waals surface area contributed by atoms with E-state index in [2.05, 4.69) is 12.1 Å². The highest BCUT2D eigenvalue weighted by Gasteiger charge is 2.29. The first-order chi connectivity index (χ1) is 8.24. The van der Waals surface area contributed by atoms with Gasteiger partial charge in [-0.1, -0.05) is 49.4 Å². The summed E-state index contributed by atoms with van der Waals surface area (Å²) in [6.07, 6.45) is 9.11. The minimum Gasteiger partial charge on any atom is -0.330 e. The Bertz CT molecular complexity index is 336. The summed E-state index contributed by atoms with van der Waals surface area (Å²) in [5.74, 6) is 0. The molecular formula is C15H22ClN. The molecule has 2 rings (SSSR count). The molecule has 1 aliphatic rings. The molecule has 0 radical (unpaired) electrons. The molecule has 1 fully saturated rings. The minimum atomic E-state index is 0.338. The van der Waals surface area contributed by atoms with Crippen LogP contribution < -0.4 is 5.73 Å². The monoisotopic (exact) mass is 251 g/mol. The summed E-state index contributed by atoms with van der Waals surface area (Å²) in [7, 11) is 0. The highest BCUT2D eigenvalue weighted by atomic mass is 35.5. The molecule has 0 amide bonds. The third-order valence-corrected chi connectivity index (χ3v) is 4.34. The van der Waals surface area contributed by atoms with E-state index in [4.69, 9.17) is 17.3 Å². The molecule has 1 aliphatic carbocycles. The molecule has 0 aromatic heterocycles. The highest BCUT2D eigenvalue weighted by molar-refractivity contribution is 6.30. The molecule has 0 spiro atoms. The Hall–Kier alpha value is -0.530. The molecular weight excluding hydrogens is 230 g/mol. The van der Waals surface area contributed by atoms with Crippen LogP contribution in [0.2, 0.25) is 5.02 Å². The zero-order valence-corrected chi connectivity index (χ0v) is 11.2. The lowest BCUT2D eigenvalue weighted by Gasteiger charge is -2.31. The number of rotatable bonds is 3. The highest BCUT2D eigenvalue weighted by Crippen LogP contribution is 2.37. The zero-order valence-electron chi connectivity index (χ0n) is 10.4. The van der Waals surface area contributed by atoms with Crippen LogP contribution in [0.3, 0.4) is 0 Å². The largest absolute Gasteiger partial charge is 0.330 e. The van der Waals surface area contributed by atoms with E-state index in [0.29, 0.717) is 5.41 Å². The van der Waals surface area contributed by atoms with Gasteiger partial charge < -0.3 is 5.73 Å². The van der Waals surface area contributed by atoms with E-state index in [1.165, 1.54) is 44.1 Å². The van der Waals surface area contributed by atoms with Gasteiger partial charge in [0.25, 0.3) is 0 Å². The second-order valence-corrected chi connectivity index (χ2v) is 5.86. The van der Waals surface area contributed by atoms with E-state index in [1.807, 2.05) is 12.1 Å². The first-order valence-electron chi connectivity index (χ1n) is 6.69. The lowest BCUT2D eigenvalue weighted by molar-refractivity contribution is 0.252. The summed E-state index contributed by atoms with van der Waals surface area (Å²) in [6.45, 7) is 0.815. The molecule has 0 unspecified atom stereocenters. The molecule has 0 aliphatic heterocycles. The summed E-state index contributed by atoms with van der Waals surface area (Å²) in [5, 5.41) is 0.816. The van der Waals surface area contributed by atoms with E-state index < -0.39 is 0 Å². The molecule has 17 heavy (non-hydrogen) atoms. The number of halogens is 1. The van der Waals surface area contributed by atoms with Gasteiger partial charge in [0.1, 0.15) is 0 Å². The van der Waals surface area contributed by atoms with Crippen molar-refractivity contribution in [3.05, 3.63) is 34.9 Å². The Morgan fingerprint density at radius 1 is 1.00 bits per heavy atom. The molecule has 2 N–H and O–H groups in total. The summed E-state index contributed by atoms with van der Waals surface area (Å²) < 4.78 is 0. The maximum Gasteiger partial charge on any atom is 0.0406 e. The van der Waals surface area contributed by atoms with Crippen LogP contribution in [0.4, 0.5) is 0 Å². The van der Waals surface area contributed by atoms with Crippen LogP contribution in [0.5, 0.6) is 0 Å². The van der Waals surface area contributed by atoms with Crippen molar-refractivity contribution in [2.24, 2.45) is 11.1 Å². The fraction of sp³-hybridized carbons (Fsp3) is 0.600. The van der Waals surface area contributed by atoms with Gasteiger partial charge in [-0.25, -0.2) is 0 Å². The molecule has 1 aromatic carbocycles. The van der Waals surface area contributed by atoms with Crippen molar-refractivity contribution in [3.63, 3.8) is 0 Å². The molecule has 94 valence electrons. The lowest BCUT2D eigenvalue weighted by Crippen LogP contribution is -2.32. The van der Waals surface area contributed by atoms with E-state index >= 15 is 0 Å². The molecule has 0 bridgehead atoms. The summed E-state index contributed by atoms with van der Waals surface area (Å²) >= 11 is 5.92. The molecule has 0 heterocycles. The van der Waals surface area contributed by atoms with Crippen LogP contribution in [0, 0.1) is 5.41 Å². The fourth-order valence-electron chi connectivity index (χ4n) is 2.97. The van der Waals surface area contributed by atoms with E-state index in [9.17, 15) is 0 Å². The molecule has 0 atom stereocenters. The van der Waals surface area contributed by atoms with E-state index in [0.717, 1.165) is 18.0 Å². The van der Waals surface area contributed by atoms with Crippen LogP contribution >= 0.6 is 11.6 Å². The van der Waals surface area contributed by atoms with Crippen LogP contribution in [-0.2, 0) is 6.42 Å². The van der Waals surface area contributed by atoms with Crippen LogP contribution in [0.25, 0.3) is 0 Å². The Balaban J connectivity index is 2.09. The van der Waals surface area contributed by atoms with Crippen molar-refractivity contribution in [2.45, 2.75) is 44.9 Å². The average Bonchev–Trinajstić information content (AvgIpc) is 2.58. The van der Waals surface area contributed by atoms with Crippen LogP contribution in [-0.4, -0.2) is 6.54 Å². The maximum absolute atomic E-state index is 6.06. The standard InChI is InChI=1S/C15H22ClN/c16-14-7-5-13(6-8-14)11-15(12-17)9-3-1-2-4-10-15/h5-8H,1-4,9-12,17H2. The van der Waals surface area contributed by atoms with Gasteiger partial charge in [0.15, 0.2) is 0 Å². The second-order valence-electron chi connectivity index (χ2n) is 5.42. The van der Waals surface area contributed by atoms with Crippen molar-refractivity contribution in [3.8, 4) is 0 Å². The Labute approximate surface area is 109 Å². The lowest BCUT2D eigenvalue weighted by atomic mass is 9.75. The van der Waals surface area contributed by atoms with Crippen molar-refractivity contribution >= 4 is 11.6 Å². The third-order valence-electron chi connectivity index (χ3n) is 4.09. The van der Waals surface area contributed by atoms with Crippen molar-refractivity contribution in [1.82, 2.24) is 0 Å². The number of benzene rings is 1. The smallest absolute Gasteiger partial charge is 0.0406 e. The first-order valence-corrected chi connectivity index (χ1v) is 7.06. The fourth-order valence-corrected chi connectivity index (χ4v) is 3.09. The molecule has 0 saturated heterocycles. The third kappa shape index (κ3) is 3.46. The molecule has 1 nitrogen and oxygen atoms in total. The number of nitrogens with two attached hydrogens (primary N) is 1. The summed E-state index contributed by atoms with van der Waals surface area (Å²) in [5.41, 5.74) is 7.77. The number of hydrogen-bond acceptors (Lipinski definition) is 1. The molecule has 1 saturated carbocycles. The van der Waals surface area contributed by atoms with Gasteiger partial charge >= 0.3 is 0 Å². The second kappa shape index (κ2) is 5.88. The van der Waals surface area contributed by atoms with Gasteiger partial charge in [-0.05, 0) is 48.9 Å². The van der Waals surface area contributed by atoms with Crippen molar-refractivity contribution < 1.29 is 0 Å². The summed E-state index contributed by atoms with van der Waals surface area (Å²) in [6, 6.07) is 8.25. The van der Waals surface area contributed by atoms with Crippen molar-refractivity contribution in [1.29, 1.82) is 0 Å². The summed E-state index contributed by atoms with van der Waals surface area (Å²) in [4.78, 5) is 0. The van der Waals surface area contributed by atoms with E-state index in [-0.39, 0.29) is 0 Å². The van der Waals surface area contributed by atoms with Crippen molar-refractivity contribution in [2.75, 3.05) is 6.54 Å². The Kier molecular flexibility index (Phi) is 4.47. The first kappa shape index (κ1) is 12.9. The van der Waals surface area contributed by atoms with Gasteiger partial charge in [0, 0.05) is 5.02 Å². The number of hydrogen-bond donors (Lipinski definition) is 1.